The Balaban J connectivity index is 2.77. The highest BCUT2D eigenvalue weighted by atomic mass is 16.5. The summed E-state index contributed by atoms with van der Waals surface area (Å²) < 4.78 is 0. The maximum absolute atomic E-state index is 9.64. The molecule has 1 fully saturated rings. The third kappa shape index (κ3) is 1.53. The van der Waals surface area contributed by atoms with E-state index >= 15 is 0 Å². The molecule has 0 saturated carbocycles. The molecule has 0 amide bonds. The molecule has 2 atom stereocenters. The maximum atomic E-state index is 9.64. The van der Waals surface area contributed by atoms with Crippen LogP contribution in [0.5, 0.6) is 0 Å². The topological polar surface area (TPSA) is 43.7 Å². The third-order valence-electron chi connectivity index (χ3n) is 2.40. The van der Waals surface area contributed by atoms with Crippen molar-refractivity contribution in [3.05, 3.63) is 12.2 Å². The van der Waals surface area contributed by atoms with E-state index in [0.717, 1.165) is 0 Å². The lowest BCUT2D eigenvalue weighted by Gasteiger charge is -2.27. The summed E-state index contributed by atoms with van der Waals surface area (Å²) >= 11 is 0. The predicted molar refractivity (Wildman–Crippen MR) is 46.9 cm³/mol. The van der Waals surface area contributed by atoms with Crippen LogP contribution in [0.25, 0.3) is 0 Å². The van der Waals surface area contributed by atoms with Crippen molar-refractivity contribution < 1.29 is 10.3 Å². The molecule has 0 aromatic rings. The molecule has 0 aliphatic carbocycles. The molecule has 2 N–H and O–H groups in total. The molecule has 0 spiro atoms. The second-order valence-electron chi connectivity index (χ2n) is 3.94. The largest absolute Gasteiger partial charge is 0.391 e. The van der Waals surface area contributed by atoms with Gasteiger partial charge in [0.15, 0.2) is 0 Å². The average Bonchev–Trinajstić information content (AvgIpc) is 2.13. The Morgan fingerprint density at radius 2 is 2.08 bits per heavy atom. The fraction of sp³-hybridized carbons (Fsp3) is 0.778. The first kappa shape index (κ1) is 9.71. The monoisotopic (exact) mass is 171 g/mol. The highest BCUT2D eigenvalue weighted by Crippen LogP contribution is 2.32. The van der Waals surface area contributed by atoms with Gasteiger partial charge in [0.2, 0.25) is 0 Å². The Morgan fingerprint density at radius 3 is 2.42 bits per heavy atom. The van der Waals surface area contributed by atoms with E-state index in [-0.39, 0.29) is 11.6 Å². The zero-order valence-electron chi connectivity index (χ0n) is 7.86. The van der Waals surface area contributed by atoms with E-state index in [9.17, 15) is 10.3 Å². The second-order valence-corrected chi connectivity index (χ2v) is 3.94. The molecule has 1 heterocycles. The number of hydrogen-bond donors (Lipinski definition) is 2. The molecule has 3 heteroatoms. The molecular formula is C9H17NO2. The molecule has 0 aromatic carbocycles. The van der Waals surface area contributed by atoms with Crippen LogP contribution < -0.4 is 0 Å². The summed E-state index contributed by atoms with van der Waals surface area (Å²) in [6, 6.07) is -0.245. The van der Waals surface area contributed by atoms with Gasteiger partial charge in [-0.2, -0.15) is 5.06 Å². The standard InChI is InChI=1S/C9H17NO2/c1-4-5-7-8(11)6-9(2,3)10(7)12/h4-5,7-8,11-12H,6H2,1-3H3/b5-4+. The van der Waals surface area contributed by atoms with Crippen LogP contribution in [0, 0.1) is 0 Å². The fourth-order valence-corrected chi connectivity index (χ4v) is 1.70. The molecule has 3 nitrogen and oxygen atoms in total. The van der Waals surface area contributed by atoms with Crippen LogP contribution in [0.2, 0.25) is 0 Å². The van der Waals surface area contributed by atoms with Crippen molar-refractivity contribution in [3.8, 4) is 0 Å². The zero-order chi connectivity index (χ0) is 9.35. The Bertz CT molecular complexity index is 189. The summed E-state index contributed by atoms with van der Waals surface area (Å²) in [7, 11) is 0. The molecular weight excluding hydrogens is 154 g/mol. The number of aliphatic hydroxyl groups is 1. The summed E-state index contributed by atoms with van der Waals surface area (Å²) in [5.74, 6) is 0. The minimum absolute atomic E-state index is 0.245. The van der Waals surface area contributed by atoms with Gasteiger partial charge in [0.25, 0.3) is 0 Å². The lowest BCUT2D eigenvalue weighted by atomic mass is 10.0. The molecule has 1 aliphatic heterocycles. The van der Waals surface area contributed by atoms with Gasteiger partial charge in [0, 0.05) is 5.54 Å². The van der Waals surface area contributed by atoms with Crippen LogP contribution >= 0.6 is 0 Å². The Hall–Kier alpha value is -0.380. The Labute approximate surface area is 73.3 Å². The van der Waals surface area contributed by atoms with Crippen LogP contribution in [0.15, 0.2) is 12.2 Å². The maximum Gasteiger partial charge on any atom is 0.0796 e. The highest BCUT2D eigenvalue weighted by molar-refractivity contribution is 5.05. The van der Waals surface area contributed by atoms with Crippen molar-refractivity contribution >= 4 is 0 Å². The molecule has 0 bridgehead atoms. The molecule has 70 valence electrons. The van der Waals surface area contributed by atoms with Crippen LogP contribution in [-0.2, 0) is 0 Å². The van der Waals surface area contributed by atoms with E-state index < -0.39 is 6.10 Å². The molecule has 2 unspecified atom stereocenters. The number of rotatable bonds is 1. The number of nitrogens with zero attached hydrogens (tertiary/aromatic N) is 1. The minimum atomic E-state index is -0.457. The number of aliphatic hydroxyl groups excluding tert-OH is 1. The first-order chi connectivity index (χ1) is 5.49. The van der Waals surface area contributed by atoms with Crippen molar-refractivity contribution in [2.75, 3.05) is 0 Å². The summed E-state index contributed by atoms with van der Waals surface area (Å²) in [5.41, 5.74) is -0.316. The molecule has 1 rings (SSSR count). The van der Waals surface area contributed by atoms with E-state index in [4.69, 9.17) is 0 Å². The van der Waals surface area contributed by atoms with Crippen molar-refractivity contribution in [3.63, 3.8) is 0 Å². The molecule has 1 saturated heterocycles. The van der Waals surface area contributed by atoms with Crippen LogP contribution in [0.4, 0.5) is 0 Å². The third-order valence-corrected chi connectivity index (χ3v) is 2.40. The van der Waals surface area contributed by atoms with Gasteiger partial charge < -0.3 is 10.3 Å². The summed E-state index contributed by atoms with van der Waals surface area (Å²) in [6.07, 6.45) is 3.82. The van der Waals surface area contributed by atoms with E-state index in [2.05, 4.69) is 0 Å². The normalized spacial score (nSPS) is 36.4. The van der Waals surface area contributed by atoms with E-state index in [1.807, 2.05) is 32.9 Å². The zero-order valence-corrected chi connectivity index (χ0v) is 7.86. The molecule has 0 aromatic heterocycles. The van der Waals surface area contributed by atoms with Crippen molar-refractivity contribution in [1.82, 2.24) is 5.06 Å². The van der Waals surface area contributed by atoms with Crippen molar-refractivity contribution in [2.45, 2.75) is 44.9 Å². The second kappa shape index (κ2) is 3.17. The van der Waals surface area contributed by atoms with Crippen LogP contribution in [0.1, 0.15) is 27.2 Å². The van der Waals surface area contributed by atoms with E-state index in [1.54, 1.807) is 0 Å². The average molecular weight is 171 g/mol. The van der Waals surface area contributed by atoms with Gasteiger partial charge in [-0.05, 0) is 27.2 Å². The summed E-state index contributed by atoms with van der Waals surface area (Å²) in [6.45, 7) is 5.71. The Kier molecular flexibility index (Phi) is 2.56. The fourth-order valence-electron chi connectivity index (χ4n) is 1.70. The SMILES string of the molecule is C/C=C/C1C(O)CC(C)(C)N1O. The van der Waals surface area contributed by atoms with Gasteiger partial charge in [0.1, 0.15) is 0 Å². The van der Waals surface area contributed by atoms with Gasteiger partial charge in [-0.25, -0.2) is 0 Å². The predicted octanol–water partition coefficient (Wildman–Crippen LogP) is 1.17. The quantitative estimate of drug-likeness (QED) is 0.582. The summed E-state index contributed by atoms with van der Waals surface area (Å²) in [4.78, 5) is 0. The number of allylic oxidation sites excluding steroid dienone is 1. The lowest BCUT2D eigenvalue weighted by Crippen LogP contribution is -2.40. The molecule has 12 heavy (non-hydrogen) atoms. The summed E-state index contributed by atoms with van der Waals surface area (Å²) in [5, 5.41) is 20.4. The van der Waals surface area contributed by atoms with Crippen LogP contribution in [-0.4, -0.2) is 33.1 Å². The van der Waals surface area contributed by atoms with Gasteiger partial charge in [0.05, 0.1) is 12.1 Å². The Morgan fingerprint density at radius 1 is 1.50 bits per heavy atom. The molecule has 0 radical (unpaired) electrons. The van der Waals surface area contributed by atoms with Crippen LogP contribution in [0.3, 0.4) is 0 Å². The number of hydroxylamine groups is 2. The number of hydrogen-bond acceptors (Lipinski definition) is 3. The van der Waals surface area contributed by atoms with Crippen molar-refractivity contribution in [2.24, 2.45) is 0 Å². The van der Waals surface area contributed by atoms with Gasteiger partial charge in [-0.3, -0.25) is 0 Å². The van der Waals surface area contributed by atoms with Crippen molar-refractivity contribution in [1.29, 1.82) is 0 Å². The van der Waals surface area contributed by atoms with E-state index in [1.165, 1.54) is 5.06 Å². The van der Waals surface area contributed by atoms with Gasteiger partial charge >= 0.3 is 0 Å². The molecule has 1 aliphatic rings. The minimum Gasteiger partial charge on any atom is -0.391 e. The highest BCUT2D eigenvalue weighted by Gasteiger charge is 2.43. The first-order valence-corrected chi connectivity index (χ1v) is 4.28. The smallest absolute Gasteiger partial charge is 0.0796 e. The van der Waals surface area contributed by atoms with Gasteiger partial charge in [-0.1, -0.05) is 12.2 Å². The van der Waals surface area contributed by atoms with E-state index in [0.29, 0.717) is 6.42 Å². The van der Waals surface area contributed by atoms with Gasteiger partial charge in [-0.15, -0.1) is 0 Å². The lowest BCUT2D eigenvalue weighted by molar-refractivity contribution is -0.158. The first-order valence-electron chi connectivity index (χ1n) is 4.28.